The lowest BCUT2D eigenvalue weighted by molar-refractivity contribution is 0.0696. The van der Waals surface area contributed by atoms with Crippen molar-refractivity contribution in [3.63, 3.8) is 0 Å². The van der Waals surface area contributed by atoms with Gasteiger partial charge in [0, 0.05) is 25.3 Å². The number of aromatic nitrogens is 2. The number of aromatic amines is 1. The maximum absolute atomic E-state index is 12.2. The summed E-state index contributed by atoms with van der Waals surface area (Å²) in [5.74, 6) is 0.0801. The van der Waals surface area contributed by atoms with Gasteiger partial charge in [-0.25, -0.2) is 0 Å². The van der Waals surface area contributed by atoms with E-state index in [-0.39, 0.29) is 11.9 Å². The zero-order valence-corrected chi connectivity index (χ0v) is 9.81. The van der Waals surface area contributed by atoms with Gasteiger partial charge in [0.25, 0.3) is 5.91 Å². The van der Waals surface area contributed by atoms with Gasteiger partial charge < -0.3 is 9.80 Å². The minimum atomic E-state index is 0.0801. The molecule has 2 heterocycles. The number of likely N-dealkylation sites (N-methyl/N-ethyl adjacent to an activating group) is 1. The van der Waals surface area contributed by atoms with Crippen LogP contribution in [0.5, 0.6) is 0 Å². The quantitative estimate of drug-likeness (QED) is 0.756. The molecule has 16 heavy (non-hydrogen) atoms. The van der Waals surface area contributed by atoms with E-state index < -0.39 is 0 Å². The third kappa shape index (κ3) is 2.24. The molecule has 0 aromatic carbocycles. The molecule has 1 fully saturated rings. The van der Waals surface area contributed by atoms with Crippen molar-refractivity contribution in [3.8, 4) is 0 Å². The maximum Gasteiger partial charge on any atom is 0.257 e. The summed E-state index contributed by atoms with van der Waals surface area (Å²) in [6.45, 7) is 4.92. The summed E-state index contributed by atoms with van der Waals surface area (Å²) >= 11 is 0. The van der Waals surface area contributed by atoms with E-state index in [4.69, 9.17) is 0 Å². The van der Waals surface area contributed by atoms with E-state index in [0.717, 1.165) is 26.1 Å². The van der Waals surface area contributed by atoms with Gasteiger partial charge in [-0.15, -0.1) is 0 Å². The first-order valence-electron chi connectivity index (χ1n) is 5.67. The fraction of sp³-hybridized carbons (Fsp3) is 0.636. The van der Waals surface area contributed by atoms with E-state index in [1.165, 1.54) is 0 Å². The molecule has 0 saturated carbocycles. The third-order valence-electron chi connectivity index (χ3n) is 3.05. The van der Waals surface area contributed by atoms with Crippen LogP contribution in [-0.4, -0.2) is 58.6 Å². The van der Waals surface area contributed by atoms with Crippen LogP contribution >= 0.6 is 0 Å². The Bertz CT molecular complexity index is 349. The van der Waals surface area contributed by atoms with Gasteiger partial charge in [0.2, 0.25) is 0 Å². The maximum atomic E-state index is 12.2. The fourth-order valence-corrected chi connectivity index (χ4v) is 2.21. The number of H-pyrrole nitrogens is 1. The molecule has 1 atom stereocenters. The molecule has 5 nitrogen and oxygen atoms in total. The van der Waals surface area contributed by atoms with Gasteiger partial charge in [0.15, 0.2) is 0 Å². The highest BCUT2D eigenvalue weighted by Crippen LogP contribution is 2.12. The number of rotatable bonds is 1. The highest BCUT2D eigenvalue weighted by Gasteiger charge is 2.25. The predicted molar refractivity (Wildman–Crippen MR) is 61.2 cm³/mol. The zero-order valence-electron chi connectivity index (χ0n) is 9.81. The van der Waals surface area contributed by atoms with Crippen LogP contribution in [0.1, 0.15) is 23.7 Å². The van der Waals surface area contributed by atoms with Crippen molar-refractivity contribution in [2.24, 2.45) is 0 Å². The molecule has 1 unspecified atom stereocenters. The average Bonchev–Trinajstić information content (AvgIpc) is 2.71. The molecule has 0 bridgehead atoms. The molecule has 1 aliphatic heterocycles. The van der Waals surface area contributed by atoms with E-state index in [2.05, 4.69) is 29.1 Å². The average molecular weight is 222 g/mol. The summed E-state index contributed by atoms with van der Waals surface area (Å²) in [6, 6.07) is 0.259. The predicted octanol–water partition coefficient (Wildman–Crippen LogP) is 0.576. The monoisotopic (exact) mass is 222 g/mol. The summed E-state index contributed by atoms with van der Waals surface area (Å²) in [5, 5.41) is 6.50. The van der Waals surface area contributed by atoms with E-state index in [1.54, 1.807) is 12.4 Å². The van der Waals surface area contributed by atoms with Crippen LogP contribution in [0.25, 0.3) is 0 Å². The Hall–Kier alpha value is -1.36. The first-order chi connectivity index (χ1) is 7.68. The Morgan fingerprint density at radius 3 is 3.06 bits per heavy atom. The lowest BCUT2D eigenvalue weighted by atomic mass is 10.2. The second-order valence-electron chi connectivity index (χ2n) is 4.45. The van der Waals surface area contributed by atoms with Crippen LogP contribution < -0.4 is 0 Å². The molecule has 2 rings (SSSR count). The smallest absolute Gasteiger partial charge is 0.257 e. The zero-order chi connectivity index (χ0) is 11.5. The van der Waals surface area contributed by atoms with Crippen molar-refractivity contribution in [1.29, 1.82) is 0 Å². The summed E-state index contributed by atoms with van der Waals surface area (Å²) in [4.78, 5) is 16.4. The topological polar surface area (TPSA) is 52.2 Å². The van der Waals surface area contributed by atoms with Crippen molar-refractivity contribution in [2.45, 2.75) is 19.4 Å². The second-order valence-corrected chi connectivity index (χ2v) is 4.45. The number of nitrogens with zero attached hydrogens (tertiary/aromatic N) is 3. The fourth-order valence-electron chi connectivity index (χ4n) is 2.21. The van der Waals surface area contributed by atoms with Gasteiger partial charge in [-0.1, -0.05) is 0 Å². The molecule has 1 N–H and O–H groups in total. The van der Waals surface area contributed by atoms with Crippen LogP contribution in [0.3, 0.4) is 0 Å². The molecule has 0 aliphatic carbocycles. The number of carbonyl (C=O) groups is 1. The normalized spacial score (nSPS) is 23.1. The molecule has 5 heteroatoms. The first kappa shape index (κ1) is 11.1. The van der Waals surface area contributed by atoms with E-state index >= 15 is 0 Å². The van der Waals surface area contributed by atoms with Crippen LogP contribution in [0.2, 0.25) is 0 Å². The molecule has 1 aromatic heterocycles. The van der Waals surface area contributed by atoms with Crippen LogP contribution in [0.15, 0.2) is 12.4 Å². The number of amides is 1. The van der Waals surface area contributed by atoms with E-state index in [9.17, 15) is 4.79 Å². The minimum Gasteiger partial charge on any atom is -0.335 e. The van der Waals surface area contributed by atoms with Gasteiger partial charge in [-0.3, -0.25) is 9.89 Å². The van der Waals surface area contributed by atoms with Gasteiger partial charge >= 0.3 is 0 Å². The number of nitrogens with one attached hydrogen (secondary N) is 1. The summed E-state index contributed by atoms with van der Waals surface area (Å²) in [7, 11) is 2.10. The van der Waals surface area contributed by atoms with Crippen molar-refractivity contribution in [1.82, 2.24) is 20.0 Å². The molecule has 1 aliphatic rings. The first-order valence-corrected chi connectivity index (χ1v) is 5.67. The molecule has 1 amide bonds. The van der Waals surface area contributed by atoms with Gasteiger partial charge in [0.05, 0.1) is 11.8 Å². The van der Waals surface area contributed by atoms with E-state index in [0.29, 0.717) is 5.56 Å². The number of carbonyl (C=O) groups excluding carboxylic acids is 1. The minimum absolute atomic E-state index is 0.0801. The van der Waals surface area contributed by atoms with Crippen molar-refractivity contribution in [2.75, 3.05) is 26.7 Å². The highest BCUT2D eigenvalue weighted by atomic mass is 16.2. The molecular weight excluding hydrogens is 204 g/mol. The van der Waals surface area contributed by atoms with Crippen LogP contribution in [0.4, 0.5) is 0 Å². The molecule has 1 aromatic rings. The SMILES string of the molecule is CC1CN(C)CCCN1C(=O)c1cn[nH]c1. The Labute approximate surface area is 95.4 Å². The molecule has 0 spiro atoms. The van der Waals surface area contributed by atoms with Crippen LogP contribution in [0, 0.1) is 0 Å². The van der Waals surface area contributed by atoms with Gasteiger partial charge in [-0.2, -0.15) is 5.10 Å². The standard InChI is InChI=1S/C11H18N4O/c1-9-8-14(2)4-3-5-15(9)11(16)10-6-12-13-7-10/h6-7,9H,3-5,8H2,1-2H3,(H,12,13). The Morgan fingerprint density at radius 1 is 1.56 bits per heavy atom. The van der Waals surface area contributed by atoms with Crippen molar-refractivity contribution >= 4 is 5.91 Å². The largest absolute Gasteiger partial charge is 0.335 e. The van der Waals surface area contributed by atoms with Crippen LogP contribution in [-0.2, 0) is 0 Å². The molecular formula is C11H18N4O. The molecule has 0 radical (unpaired) electrons. The number of hydrogen-bond acceptors (Lipinski definition) is 3. The second kappa shape index (κ2) is 4.65. The Kier molecular flexibility index (Phi) is 3.24. The Balaban J connectivity index is 2.10. The lowest BCUT2D eigenvalue weighted by Gasteiger charge is -2.27. The van der Waals surface area contributed by atoms with Crippen molar-refractivity contribution < 1.29 is 4.79 Å². The summed E-state index contributed by atoms with van der Waals surface area (Å²) in [6.07, 6.45) is 4.28. The molecule has 1 saturated heterocycles. The summed E-state index contributed by atoms with van der Waals surface area (Å²) in [5.41, 5.74) is 0.649. The highest BCUT2D eigenvalue weighted by molar-refractivity contribution is 5.93. The number of hydrogen-bond donors (Lipinski definition) is 1. The van der Waals surface area contributed by atoms with Gasteiger partial charge in [-0.05, 0) is 26.9 Å². The summed E-state index contributed by atoms with van der Waals surface area (Å²) < 4.78 is 0. The molecule has 88 valence electrons. The third-order valence-corrected chi connectivity index (χ3v) is 3.05. The Morgan fingerprint density at radius 2 is 2.38 bits per heavy atom. The van der Waals surface area contributed by atoms with Gasteiger partial charge in [0.1, 0.15) is 0 Å². The van der Waals surface area contributed by atoms with Crippen molar-refractivity contribution in [3.05, 3.63) is 18.0 Å². The van der Waals surface area contributed by atoms with E-state index in [1.807, 2.05) is 4.90 Å². The lowest BCUT2D eigenvalue weighted by Crippen LogP contribution is -2.41.